The predicted octanol–water partition coefficient (Wildman–Crippen LogP) is 4.37. The third-order valence-electron chi connectivity index (χ3n) is 5.83. The first-order valence-corrected chi connectivity index (χ1v) is 9.99. The molecule has 1 saturated heterocycles. The molecule has 0 bridgehead atoms. The fourth-order valence-corrected chi connectivity index (χ4v) is 4.35. The van der Waals surface area contributed by atoms with E-state index in [1.54, 1.807) is 6.07 Å². The van der Waals surface area contributed by atoms with E-state index in [9.17, 15) is 4.39 Å². The van der Waals surface area contributed by atoms with Gasteiger partial charge < -0.3 is 9.80 Å². The molecule has 3 heteroatoms. The van der Waals surface area contributed by atoms with Crippen LogP contribution < -0.4 is 0 Å². The number of halogens is 1. The summed E-state index contributed by atoms with van der Waals surface area (Å²) < 4.78 is 13.3. The summed E-state index contributed by atoms with van der Waals surface area (Å²) >= 11 is 0. The van der Waals surface area contributed by atoms with E-state index in [0.717, 1.165) is 30.4 Å². The zero-order chi connectivity index (χ0) is 17.5. The molecule has 138 valence electrons. The Hall–Kier alpha value is -1.19. The lowest BCUT2D eigenvalue weighted by Gasteiger charge is -2.35. The third kappa shape index (κ3) is 6.23. The molecule has 0 radical (unpaired) electrons. The van der Waals surface area contributed by atoms with Crippen LogP contribution in [0.4, 0.5) is 4.39 Å². The van der Waals surface area contributed by atoms with Crippen molar-refractivity contribution in [3.05, 3.63) is 47.8 Å². The van der Waals surface area contributed by atoms with Crippen molar-refractivity contribution in [1.29, 1.82) is 0 Å². The molecule has 1 aromatic rings. The summed E-state index contributed by atoms with van der Waals surface area (Å²) in [6.07, 6.45) is 12.1. The SMILES string of the molecule is CN(CC1CCN(CCc2cccc(F)c2)CC1)C[C@@H]1CC=CCC1. The summed E-state index contributed by atoms with van der Waals surface area (Å²) in [6, 6.07) is 7.04. The van der Waals surface area contributed by atoms with E-state index in [2.05, 4.69) is 29.0 Å². The van der Waals surface area contributed by atoms with Gasteiger partial charge in [-0.15, -0.1) is 0 Å². The van der Waals surface area contributed by atoms with Crippen LogP contribution in [-0.2, 0) is 6.42 Å². The average molecular weight is 345 g/mol. The molecular weight excluding hydrogens is 311 g/mol. The van der Waals surface area contributed by atoms with Crippen molar-refractivity contribution in [3.8, 4) is 0 Å². The lowest BCUT2D eigenvalue weighted by molar-refractivity contribution is 0.146. The number of benzene rings is 1. The van der Waals surface area contributed by atoms with E-state index < -0.39 is 0 Å². The lowest BCUT2D eigenvalue weighted by Crippen LogP contribution is -2.39. The highest BCUT2D eigenvalue weighted by molar-refractivity contribution is 5.16. The van der Waals surface area contributed by atoms with Crippen LogP contribution in [0.5, 0.6) is 0 Å². The number of rotatable bonds is 7. The second-order valence-electron chi connectivity index (χ2n) is 8.04. The third-order valence-corrected chi connectivity index (χ3v) is 5.83. The molecule has 1 atom stereocenters. The van der Waals surface area contributed by atoms with Crippen LogP contribution >= 0.6 is 0 Å². The van der Waals surface area contributed by atoms with E-state index in [0.29, 0.717) is 0 Å². The van der Waals surface area contributed by atoms with Crippen molar-refractivity contribution in [2.75, 3.05) is 39.8 Å². The topological polar surface area (TPSA) is 6.48 Å². The Kier molecular flexibility index (Phi) is 7.06. The van der Waals surface area contributed by atoms with Crippen LogP contribution in [0.25, 0.3) is 0 Å². The highest BCUT2D eigenvalue weighted by Crippen LogP contribution is 2.22. The molecule has 1 heterocycles. The average Bonchev–Trinajstić information content (AvgIpc) is 2.62. The summed E-state index contributed by atoms with van der Waals surface area (Å²) in [4.78, 5) is 5.12. The van der Waals surface area contributed by atoms with E-state index in [4.69, 9.17) is 0 Å². The summed E-state index contributed by atoms with van der Waals surface area (Å²) in [5.74, 6) is 1.59. The first-order chi connectivity index (χ1) is 12.2. The van der Waals surface area contributed by atoms with Crippen LogP contribution in [0, 0.1) is 17.7 Å². The van der Waals surface area contributed by atoms with Crippen molar-refractivity contribution in [2.24, 2.45) is 11.8 Å². The standard InChI is InChI=1S/C22H33FN2/c1-24(17-20-6-3-2-4-7-20)18-21-11-14-25(15-12-21)13-10-19-8-5-9-22(23)16-19/h2-3,5,8-9,16,20-21H,4,6-7,10-15,17-18H2,1H3/t20-/m1/s1. The Morgan fingerprint density at radius 1 is 1.08 bits per heavy atom. The van der Waals surface area contributed by atoms with Crippen LogP contribution in [0.3, 0.4) is 0 Å². The molecule has 2 nitrogen and oxygen atoms in total. The minimum atomic E-state index is -0.118. The molecule has 1 aromatic carbocycles. The number of allylic oxidation sites excluding steroid dienone is 2. The van der Waals surface area contributed by atoms with Crippen molar-refractivity contribution >= 4 is 0 Å². The Morgan fingerprint density at radius 3 is 2.60 bits per heavy atom. The summed E-state index contributed by atoms with van der Waals surface area (Å²) in [7, 11) is 2.30. The molecule has 0 amide bonds. The molecule has 0 saturated carbocycles. The van der Waals surface area contributed by atoms with Gasteiger partial charge in [-0.05, 0) is 88.2 Å². The Balaban J connectivity index is 1.33. The molecule has 1 aliphatic heterocycles. The number of likely N-dealkylation sites (tertiary alicyclic amines) is 1. The maximum Gasteiger partial charge on any atom is 0.123 e. The predicted molar refractivity (Wildman–Crippen MR) is 103 cm³/mol. The van der Waals surface area contributed by atoms with Crippen molar-refractivity contribution in [3.63, 3.8) is 0 Å². The number of hydrogen-bond donors (Lipinski definition) is 0. The number of piperidine rings is 1. The summed E-state index contributed by atoms with van der Waals surface area (Å²) in [5, 5.41) is 0. The Bertz CT molecular complexity index is 549. The molecule has 25 heavy (non-hydrogen) atoms. The minimum Gasteiger partial charge on any atom is -0.306 e. The lowest BCUT2D eigenvalue weighted by atomic mass is 9.92. The van der Waals surface area contributed by atoms with E-state index in [1.165, 1.54) is 64.3 Å². The normalized spacial score (nSPS) is 22.6. The van der Waals surface area contributed by atoms with Crippen molar-refractivity contribution < 1.29 is 4.39 Å². The molecule has 0 aromatic heterocycles. The number of hydrogen-bond acceptors (Lipinski definition) is 2. The molecular formula is C22H33FN2. The zero-order valence-electron chi connectivity index (χ0n) is 15.7. The second-order valence-corrected chi connectivity index (χ2v) is 8.04. The maximum absolute atomic E-state index is 13.3. The van der Waals surface area contributed by atoms with E-state index >= 15 is 0 Å². The van der Waals surface area contributed by atoms with Gasteiger partial charge in [-0.25, -0.2) is 4.39 Å². The summed E-state index contributed by atoms with van der Waals surface area (Å²) in [6.45, 7) is 5.95. The molecule has 1 aliphatic carbocycles. The Morgan fingerprint density at radius 2 is 1.88 bits per heavy atom. The van der Waals surface area contributed by atoms with Crippen LogP contribution in [-0.4, -0.2) is 49.6 Å². The van der Waals surface area contributed by atoms with Crippen molar-refractivity contribution in [2.45, 2.75) is 38.5 Å². The van der Waals surface area contributed by atoms with Crippen LogP contribution in [0.15, 0.2) is 36.4 Å². The van der Waals surface area contributed by atoms with Gasteiger partial charge in [-0.1, -0.05) is 24.3 Å². The molecule has 0 unspecified atom stereocenters. The fraction of sp³-hybridized carbons (Fsp3) is 0.636. The van der Waals surface area contributed by atoms with Gasteiger partial charge in [0.15, 0.2) is 0 Å². The smallest absolute Gasteiger partial charge is 0.123 e. The van der Waals surface area contributed by atoms with Crippen molar-refractivity contribution in [1.82, 2.24) is 9.80 Å². The van der Waals surface area contributed by atoms with Gasteiger partial charge in [0.05, 0.1) is 0 Å². The first-order valence-electron chi connectivity index (χ1n) is 9.99. The largest absolute Gasteiger partial charge is 0.306 e. The molecule has 0 N–H and O–H groups in total. The first kappa shape index (κ1) is 18.6. The van der Waals surface area contributed by atoms with Gasteiger partial charge in [0.25, 0.3) is 0 Å². The van der Waals surface area contributed by atoms with Gasteiger partial charge in [0, 0.05) is 19.6 Å². The number of nitrogens with zero attached hydrogens (tertiary/aromatic N) is 2. The summed E-state index contributed by atoms with van der Waals surface area (Å²) in [5.41, 5.74) is 1.11. The maximum atomic E-state index is 13.3. The highest BCUT2D eigenvalue weighted by Gasteiger charge is 2.21. The van der Waals surface area contributed by atoms with Crippen LogP contribution in [0.2, 0.25) is 0 Å². The molecule has 1 fully saturated rings. The van der Waals surface area contributed by atoms with Crippen LogP contribution in [0.1, 0.15) is 37.7 Å². The van der Waals surface area contributed by atoms with Gasteiger partial charge >= 0.3 is 0 Å². The fourth-order valence-electron chi connectivity index (χ4n) is 4.35. The monoisotopic (exact) mass is 344 g/mol. The van der Waals surface area contributed by atoms with Gasteiger partial charge in [0.2, 0.25) is 0 Å². The zero-order valence-corrected chi connectivity index (χ0v) is 15.7. The minimum absolute atomic E-state index is 0.118. The van der Waals surface area contributed by atoms with Gasteiger partial charge in [-0.2, -0.15) is 0 Å². The quantitative estimate of drug-likeness (QED) is 0.678. The highest BCUT2D eigenvalue weighted by atomic mass is 19.1. The molecule has 0 spiro atoms. The molecule has 2 aliphatic rings. The van der Waals surface area contributed by atoms with Gasteiger partial charge in [0.1, 0.15) is 5.82 Å². The molecule has 3 rings (SSSR count). The van der Waals surface area contributed by atoms with Gasteiger partial charge in [-0.3, -0.25) is 0 Å². The second kappa shape index (κ2) is 9.49. The van der Waals surface area contributed by atoms with E-state index in [1.807, 2.05) is 12.1 Å². The Labute approximate surface area is 152 Å². The van der Waals surface area contributed by atoms with E-state index in [-0.39, 0.29) is 5.82 Å².